The summed E-state index contributed by atoms with van der Waals surface area (Å²) in [5.41, 5.74) is 0. The third kappa shape index (κ3) is 14.8. The van der Waals surface area contributed by atoms with Gasteiger partial charge in [0.1, 0.15) is 0 Å². The van der Waals surface area contributed by atoms with Gasteiger partial charge in [-0.1, -0.05) is 0 Å². The molecule has 0 N–H and O–H groups in total. The Balaban J connectivity index is 5.49. The van der Waals surface area contributed by atoms with E-state index in [0.29, 0.717) is 25.9 Å². The second-order valence-electron chi connectivity index (χ2n) is 10.2. The molecule has 0 fully saturated rings. The first-order valence-electron chi connectivity index (χ1n) is 11.6. The van der Waals surface area contributed by atoms with E-state index in [2.05, 4.69) is 65.5 Å². The molecular formula is C18H50O7Si6. The maximum absolute atomic E-state index is 6.69. The molecule has 0 aliphatic carbocycles. The Morgan fingerprint density at radius 1 is 0.581 bits per heavy atom. The molecule has 0 heterocycles. The SMILES string of the molecule is CCO[Si](CC[Si](C)(O[SiH](C)O[Si](C)(C)O[Si](C)(C)C)O[Si](C)(C)C)(OCC)OCC. The molecule has 0 amide bonds. The lowest BCUT2D eigenvalue weighted by atomic mass is 10.9. The van der Waals surface area contributed by atoms with E-state index in [9.17, 15) is 0 Å². The maximum Gasteiger partial charge on any atom is 0.500 e. The van der Waals surface area contributed by atoms with Crippen molar-refractivity contribution in [3.05, 3.63) is 0 Å². The quantitative estimate of drug-likeness (QED) is 0.226. The van der Waals surface area contributed by atoms with Gasteiger partial charge in [-0.05, 0) is 92.3 Å². The Morgan fingerprint density at radius 3 is 1.35 bits per heavy atom. The van der Waals surface area contributed by atoms with Gasteiger partial charge in [0.25, 0.3) is 0 Å². The van der Waals surface area contributed by atoms with E-state index >= 15 is 0 Å². The maximum atomic E-state index is 6.69. The highest BCUT2D eigenvalue weighted by Crippen LogP contribution is 2.29. The summed E-state index contributed by atoms with van der Waals surface area (Å²) < 4.78 is 44.4. The van der Waals surface area contributed by atoms with Gasteiger partial charge in [-0.2, -0.15) is 0 Å². The number of rotatable bonds is 17. The van der Waals surface area contributed by atoms with E-state index in [1.165, 1.54) is 0 Å². The molecule has 31 heavy (non-hydrogen) atoms. The van der Waals surface area contributed by atoms with Gasteiger partial charge in [0.05, 0.1) is 0 Å². The standard InChI is InChI=1S/C18H50O7Si6/c1-14-19-31(20-15-2,21-16-3)18-17-30(13,25-28(8,9)10)23-26(4)22-29(11,12)24-27(5,6)7/h26H,14-18H2,1-13H3. The molecule has 0 saturated heterocycles. The Kier molecular flexibility index (Phi) is 13.6. The van der Waals surface area contributed by atoms with Crippen molar-refractivity contribution < 1.29 is 29.7 Å². The average Bonchev–Trinajstić information content (AvgIpc) is 2.48. The van der Waals surface area contributed by atoms with Crippen LogP contribution in [0.1, 0.15) is 20.8 Å². The fraction of sp³-hybridized carbons (Fsp3) is 1.00. The smallest absolute Gasteiger partial charge is 0.437 e. The highest BCUT2D eigenvalue weighted by atomic mass is 28.5. The van der Waals surface area contributed by atoms with Crippen LogP contribution in [0.25, 0.3) is 0 Å². The predicted octanol–water partition coefficient (Wildman–Crippen LogP) is 5.40. The van der Waals surface area contributed by atoms with E-state index in [4.69, 9.17) is 29.7 Å². The summed E-state index contributed by atoms with van der Waals surface area (Å²) in [6.07, 6.45) is 0. The minimum Gasteiger partial charge on any atom is -0.437 e. The first kappa shape index (κ1) is 32.0. The predicted molar refractivity (Wildman–Crippen MR) is 143 cm³/mol. The molecule has 0 aromatic rings. The molecule has 0 aromatic heterocycles. The van der Waals surface area contributed by atoms with Crippen LogP contribution in [0.3, 0.4) is 0 Å². The Hall–Kier alpha value is 1.02. The Morgan fingerprint density at radius 2 is 1.00 bits per heavy atom. The lowest BCUT2D eigenvalue weighted by molar-refractivity contribution is 0.0719. The van der Waals surface area contributed by atoms with Crippen LogP contribution in [0.4, 0.5) is 0 Å². The Bertz CT molecular complexity index is 496. The Labute approximate surface area is 199 Å². The molecule has 0 saturated carbocycles. The molecule has 0 aliphatic heterocycles. The minimum absolute atomic E-state index is 0.572. The monoisotopic (exact) mass is 546 g/mol. The van der Waals surface area contributed by atoms with Gasteiger partial charge in [-0.25, -0.2) is 0 Å². The molecule has 0 aromatic carbocycles. The summed E-state index contributed by atoms with van der Waals surface area (Å²) in [4.78, 5) is 0. The van der Waals surface area contributed by atoms with Crippen molar-refractivity contribution in [3.8, 4) is 0 Å². The molecule has 2 atom stereocenters. The summed E-state index contributed by atoms with van der Waals surface area (Å²) in [5.74, 6) is 0. The summed E-state index contributed by atoms with van der Waals surface area (Å²) >= 11 is 0. The minimum atomic E-state index is -2.76. The van der Waals surface area contributed by atoms with E-state index < -0.39 is 51.8 Å². The van der Waals surface area contributed by atoms with Crippen LogP contribution >= 0.6 is 0 Å². The molecule has 2 unspecified atom stereocenters. The van der Waals surface area contributed by atoms with Crippen molar-refractivity contribution >= 4 is 51.8 Å². The van der Waals surface area contributed by atoms with Crippen LogP contribution < -0.4 is 0 Å². The second-order valence-corrected chi connectivity index (χ2v) is 31.7. The normalized spacial score (nSPS) is 16.9. The fourth-order valence-corrected chi connectivity index (χ4v) is 28.6. The third-order valence-electron chi connectivity index (χ3n) is 3.92. The first-order chi connectivity index (χ1) is 13.9. The molecule has 0 rings (SSSR count). The van der Waals surface area contributed by atoms with Crippen molar-refractivity contribution in [2.24, 2.45) is 0 Å². The van der Waals surface area contributed by atoms with Crippen LogP contribution in [0.5, 0.6) is 0 Å². The van der Waals surface area contributed by atoms with E-state index in [-0.39, 0.29) is 0 Å². The van der Waals surface area contributed by atoms with E-state index in [1.807, 2.05) is 20.8 Å². The van der Waals surface area contributed by atoms with Gasteiger partial charge in [0.2, 0.25) is 0 Å². The van der Waals surface area contributed by atoms with Crippen LogP contribution in [0.15, 0.2) is 0 Å². The fourth-order valence-electron chi connectivity index (χ4n) is 3.70. The van der Waals surface area contributed by atoms with E-state index in [0.717, 1.165) is 6.04 Å². The van der Waals surface area contributed by atoms with Crippen molar-refractivity contribution in [3.63, 3.8) is 0 Å². The first-order valence-corrected chi connectivity index (χ1v) is 27.8. The topological polar surface area (TPSA) is 64.6 Å². The zero-order valence-corrected chi connectivity index (χ0v) is 28.6. The van der Waals surface area contributed by atoms with Gasteiger partial charge >= 0.3 is 35.2 Å². The molecule has 0 radical (unpaired) electrons. The average molecular weight is 547 g/mol. The van der Waals surface area contributed by atoms with Crippen LogP contribution in [0, 0.1) is 0 Å². The van der Waals surface area contributed by atoms with E-state index in [1.54, 1.807) is 0 Å². The molecule has 13 heteroatoms. The van der Waals surface area contributed by atoms with Gasteiger partial charge < -0.3 is 29.7 Å². The van der Waals surface area contributed by atoms with Gasteiger partial charge in [-0.3, -0.25) is 0 Å². The van der Waals surface area contributed by atoms with Crippen molar-refractivity contribution in [2.45, 2.75) is 98.3 Å². The second kappa shape index (κ2) is 13.2. The molecule has 7 nitrogen and oxygen atoms in total. The highest BCUT2D eigenvalue weighted by Gasteiger charge is 2.47. The largest absolute Gasteiger partial charge is 0.500 e. The lowest BCUT2D eigenvalue weighted by Crippen LogP contribution is -2.55. The molecule has 0 bridgehead atoms. The zero-order chi connectivity index (χ0) is 24.6. The molecular weight excluding hydrogens is 497 g/mol. The van der Waals surface area contributed by atoms with Crippen molar-refractivity contribution in [1.82, 2.24) is 0 Å². The van der Waals surface area contributed by atoms with Gasteiger partial charge in [0.15, 0.2) is 16.6 Å². The molecule has 0 spiro atoms. The van der Waals surface area contributed by atoms with Crippen LogP contribution in [-0.4, -0.2) is 71.7 Å². The van der Waals surface area contributed by atoms with Crippen molar-refractivity contribution in [1.29, 1.82) is 0 Å². The summed E-state index contributed by atoms with van der Waals surface area (Å²) in [7, 11) is -13.0. The van der Waals surface area contributed by atoms with Gasteiger partial charge in [-0.15, -0.1) is 0 Å². The highest BCUT2D eigenvalue weighted by molar-refractivity contribution is 6.87. The summed E-state index contributed by atoms with van der Waals surface area (Å²) in [5, 5.41) is 0. The van der Waals surface area contributed by atoms with Crippen LogP contribution in [-0.2, 0) is 29.7 Å². The van der Waals surface area contributed by atoms with Crippen LogP contribution in [0.2, 0.25) is 77.6 Å². The zero-order valence-electron chi connectivity index (χ0n) is 22.5. The molecule has 0 aliphatic rings. The van der Waals surface area contributed by atoms with Gasteiger partial charge in [0, 0.05) is 25.9 Å². The third-order valence-corrected chi connectivity index (χ3v) is 24.1. The lowest BCUT2D eigenvalue weighted by Gasteiger charge is -2.39. The summed E-state index contributed by atoms with van der Waals surface area (Å²) in [6.45, 7) is 29.4. The molecule has 188 valence electrons. The summed E-state index contributed by atoms with van der Waals surface area (Å²) in [6, 6.07) is 1.46. The number of hydrogen-bond donors (Lipinski definition) is 0. The van der Waals surface area contributed by atoms with Crippen molar-refractivity contribution in [2.75, 3.05) is 19.8 Å². The number of hydrogen-bond acceptors (Lipinski definition) is 7.